The zero-order valence-corrected chi connectivity index (χ0v) is 17.6. The van der Waals surface area contributed by atoms with Crippen molar-refractivity contribution in [3.63, 3.8) is 0 Å². The molecule has 0 bridgehead atoms. The third-order valence-electron chi connectivity index (χ3n) is 6.20. The highest BCUT2D eigenvalue weighted by molar-refractivity contribution is 5.89. The summed E-state index contributed by atoms with van der Waals surface area (Å²) in [5.74, 6) is 0.734. The lowest BCUT2D eigenvalue weighted by molar-refractivity contribution is -0.132. The average Bonchev–Trinajstić information content (AvgIpc) is 2.81. The maximum absolute atomic E-state index is 13.6. The first-order valence-corrected chi connectivity index (χ1v) is 10.2. The highest BCUT2D eigenvalue weighted by Gasteiger charge is 2.44. The molecule has 1 amide bonds. The number of amides is 1. The zero-order chi connectivity index (χ0) is 20.7. The van der Waals surface area contributed by atoms with Gasteiger partial charge in [-0.25, -0.2) is 0 Å². The van der Waals surface area contributed by atoms with Gasteiger partial charge in [0.2, 0.25) is 5.91 Å². The van der Waals surface area contributed by atoms with Gasteiger partial charge in [0, 0.05) is 25.9 Å². The van der Waals surface area contributed by atoms with Gasteiger partial charge in [-0.15, -0.1) is 0 Å². The molecule has 0 spiro atoms. The summed E-state index contributed by atoms with van der Waals surface area (Å²) in [5.41, 5.74) is 0.741. The number of methoxy groups -OCH3 is 2. The van der Waals surface area contributed by atoms with Crippen LogP contribution < -0.4 is 10.1 Å². The van der Waals surface area contributed by atoms with Crippen LogP contribution in [-0.2, 0) is 25.3 Å². The Kier molecular flexibility index (Phi) is 6.93. The van der Waals surface area contributed by atoms with Gasteiger partial charge in [-0.2, -0.15) is 0 Å². The summed E-state index contributed by atoms with van der Waals surface area (Å²) in [6.45, 7) is 3.58. The lowest BCUT2D eigenvalue weighted by atomic mass is 9.72. The SMILES string of the molecule is CCC(CNC(=O)C1(c2ccccc2OC)CCOCC1)(OC)c1ccccc1. The van der Waals surface area contributed by atoms with Gasteiger partial charge in [0.05, 0.1) is 19.1 Å². The van der Waals surface area contributed by atoms with Gasteiger partial charge < -0.3 is 19.5 Å². The predicted molar refractivity (Wildman–Crippen MR) is 113 cm³/mol. The molecule has 1 fully saturated rings. The van der Waals surface area contributed by atoms with E-state index >= 15 is 0 Å². The molecule has 1 aliphatic heterocycles. The van der Waals surface area contributed by atoms with Crippen LogP contribution in [0, 0.1) is 0 Å². The average molecular weight is 398 g/mol. The fourth-order valence-corrected chi connectivity index (χ4v) is 4.28. The van der Waals surface area contributed by atoms with E-state index in [0.717, 1.165) is 23.3 Å². The van der Waals surface area contributed by atoms with E-state index in [1.807, 2.05) is 54.6 Å². The van der Waals surface area contributed by atoms with Crippen molar-refractivity contribution in [1.82, 2.24) is 5.32 Å². The Hall–Kier alpha value is -2.37. The molecule has 0 aliphatic carbocycles. The van der Waals surface area contributed by atoms with E-state index in [2.05, 4.69) is 12.2 Å². The van der Waals surface area contributed by atoms with Gasteiger partial charge in [-0.3, -0.25) is 4.79 Å². The minimum Gasteiger partial charge on any atom is -0.496 e. The first-order chi connectivity index (χ1) is 14.1. The van der Waals surface area contributed by atoms with E-state index < -0.39 is 11.0 Å². The van der Waals surface area contributed by atoms with Crippen LogP contribution in [-0.4, -0.2) is 39.9 Å². The Morgan fingerprint density at radius 1 is 1.07 bits per heavy atom. The largest absolute Gasteiger partial charge is 0.496 e. The first-order valence-electron chi connectivity index (χ1n) is 10.2. The summed E-state index contributed by atoms with van der Waals surface area (Å²) in [7, 11) is 3.35. The van der Waals surface area contributed by atoms with Gasteiger partial charge in [0.25, 0.3) is 0 Å². The van der Waals surface area contributed by atoms with E-state index in [1.54, 1.807) is 14.2 Å². The van der Waals surface area contributed by atoms with Crippen molar-refractivity contribution in [2.75, 3.05) is 34.0 Å². The highest BCUT2D eigenvalue weighted by Crippen LogP contribution is 2.40. The zero-order valence-electron chi connectivity index (χ0n) is 17.6. The van der Waals surface area contributed by atoms with Crippen LogP contribution in [0.3, 0.4) is 0 Å². The van der Waals surface area contributed by atoms with Crippen molar-refractivity contribution >= 4 is 5.91 Å². The third kappa shape index (κ3) is 4.16. The van der Waals surface area contributed by atoms with Gasteiger partial charge in [0.1, 0.15) is 11.4 Å². The summed E-state index contributed by atoms with van der Waals surface area (Å²) >= 11 is 0. The van der Waals surface area contributed by atoms with Crippen LogP contribution in [0.1, 0.15) is 37.3 Å². The summed E-state index contributed by atoms with van der Waals surface area (Å²) in [5, 5.41) is 3.21. The molecule has 1 heterocycles. The van der Waals surface area contributed by atoms with Crippen molar-refractivity contribution in [1.29, 1.82) is 0 Å². The van der Waals surface area contributed by atoms with Crippen molar-refractivity contribution in [3.05, 3.63) is 65.7 Å². The Labute approximate surface area is 173 Å². The molecule has 2 aromatic carbocycles. The molecule has 5 nitrogen and oxygen atoms in total. The van der Waals surface area contributed by atoms with E-state index in [9.17, 15) is 4.79 Å². The quantitative estimate of drug-likeness (QED) is 0.736. The van der Waals surface area contributed by atoms with Crippen LogP contribution in [0.25, 0.3) is 0 Å². The fourth-order valence-electron chi connectivity index (χ4n) is 4.28. The minimum absolute atomic E-state index is 0.00361. The van der Waals surface area contributed by atoms with Crippen LogP contribution in [0.2, 0.25) is 0 Å². The van der Waals surface area contributed by atoms with Crippen molar-refractivity contribution < 1.29 is 19.0 Å². The Bertz CT molecular complexity index is 796. The maximum Gasteiger partial charge on any atom is 0.231 e. The number of carbonyl (C=O) groups is 1. The molecule has 0 aromatic heterocycles. The molecular formula is C24H31NO4. The molecule has 0 saturated carbocycles. The van der Waals surface area contributed by atoms with Crippen molar-refractivity contribution in [2.45, 2.75) is 37.2 Å². The van der Waals surface area contributed by atoms with Crippen LogP contribution in [0.5, 0.6) is 5.75 Å². The molecular weight excluding hydrogens is 366 g/mol. The molecule has 3 rings (SSSR count). The van der Waals surface area contributed by atoms with Crippen LogP contribution in [0.15, 0.2) is 54.6 Å². The summed E-state index contributed by atoms with van der Waals surface area (Å²) in [4.78, 5) is 13.6. The molecule has 1 unspecified atom stereocenters. The Balaban J connectivity index is 1.89. The smallest absolute Gasteiger partial charge is 0.231 e. The lowest BCUT2D eigenvalue weighted by Crippen LogP contribution is -2.52. The number of carbonyl (C=O) groups excluding carboxylic acids is 1. The third-order valence-corrected chi connectivity index (χ3v) is 6.20. The Morgan fingerprint density at radius 3 is 2.34 bits per heavy atom. The topological polar surface area (TPSA) is 56.8 Å². The molecule has 0 radical (unpaired) electrons. The number of hydrogen-bond donors (Lipinski definition) is 1. The summed E-state index contributed by atoms with van der Waals surface area (Å²) < 4.78 is 17.1. The van der Waals surface area contributed by atoms with E-state index in [1.165, 1.54) is 0 Å². The molecule has 1 N–H and O–H groups in total. The Morgan fingerprint density at radius 2 is 1.72 bits per heavy atom. The van der Waals surface area contributed by atoms with E-state index in [4.69, 9.17) is 14.2 Å². The number of para-hydroxylation sites is 1. The molecule has 2 aromatic rings. The first kappa shape index (κ1) is 21.3. The van der Waals surface area contributed by atoms with Crippen LogP contribution >= 0.6 is 0 Å². The second kappa shape index (κ2) is 9.42. The number of benzene rings is 2. The van der Waals surface area contributed by atoms with Gasteiger partial charge in [-0.05, 0) is 30.9 Å². The van der Waals surface area contributed by atoms with Crippen LogP contribution in [0.4, 0.5) is 0 Å². The number of nitrogens with one attached hydrogen (secondary N) is 1. The van der Waals surface area contributed by atoms with Crippen molar-refractivity contribution in [3.8, 4) is 5.75 Å². The predicted octanol–water partition coefficient (Wildman–Crippen LogP) is 3.81. The summed E-state index contributed by atoms with van der Waals surface area (Å²) in [6.07, 6.45) is 1.99. The molecule has 1 atom stereocenters. The number of rotatable bonds is 8. The normalized spacial score (nSPS) is 17.9. The molecule has 5 heteroatoms. The monoisotopic (exact) mass is 397 g/mol. The molecule has 29 heavy (non-hydrogen) atoms. The standard InChI is InChI=1S/C24H31NO4/c1-4-24(28-3,19-10-6-5-7-11-19)18-25-22(26)23(14-16-29-17-15-23)20-12-8-9-13-21(20)27-2/h5-13H,4,14-18H2,1-3H3,(H,25,26). The number of ether oxygens (including phenoxy) is 3. The lowest BCUT2D eigenvalue weighted by Gasteiger charge is -2.39. The highest BCUT2D eigenvalue weighted by atomic mass is 16.5. The van der Waals surface area contributed by atoms with Gasteiger partial charge >= 0.3 is 0 Å². The maximum atomic E-state index is 13.6. The molecule has 156 valence electrons. The molecule has 1 aliphatic rings. The second-order valence-corrected chi connectivity index (χ2v) is 7.50. The van der Waals surface area contributed by atoms with Gasteiger partial charge in [0.15, 0.2) is 0 Å². The fraction of sp³-hybridized carbons (Fsp3) is 0.458. The van der Waals surface area contributed by atoms with Gasteiger partial charge in [-0.1, -0.05) is 55.5 Å². The second-order valence-electron chi connectivity index (χ2n) is 7.50. The number of hydrogen-bond acceptors (Lipinski definition) is 4. The van der Waals surface area contributed by atoms with E-state index in [0.29, 0.717) is 32.6 Å². The minimum atomic E-state index is -0.672. The molecule has 1 saturated heterocycles. The summed E-state index contributed by atoms with van der Waals surface area (Å²) in [6, 6.07) is 17.8. The van der Waals surface area contributed by atoms with Crippen molar-refractivity contribution in [2.24, 2.45) is 0 Å². The van der Waals surface area contributed by atoms with E-state index in [-0.39, 0.29) is 5.91 Å².